The fraction of sp³-hybridized carbons (Fsp3) is 0.667. The van der Waals surface area contributed by atoms with Crippen LogP contribution in [0.25, 0.3) is 0 Å². The lowest BCUT2D eigenvalue weighted by Gasteiger charge is -2.37. The molecule has 8 heteroatoms. The molecule has 1 aliphatic carbocycles. The minimum atomic E-state index is -0.558. The molecular weight excluding hydrogens is 338 g/mol. The van der Waals surface area contributed by atoms with E-state index < -0.39 is 16.6 Å². The van der Waals surface area contributed by atoms with Crippen LogP contribution in [0, 0.1) is 15.5 Å². The van der Waals surface area contributed by atoms with Crippen LogP contribution in [0.2, 0.25) is 0 Å². The molecule has 1 aliphatic rings. The Morgan fingerprint density at radius 2 is 2.04 bits per heavy atom. The first-order chi connectivity index (χ1) is 12.2. The van der Waals surface area contributed by atoms with Gasteiger partial charge in [-0.15, -0.1) is 0 Å². The van der Waals surface area contributed by atoms with Crippen LogP contribution < -0.4 is 10.1 Å². The molecule has 0 radical (unpaired) electrons. The number of nitrogens with zero attached hydrogens (tertiary/aromatic N) is 2. The predicted octanol–water partition coefficient (Wildman–Crippen LogP) is 3.84. The molecule has 0 bridgehead atoms. The van der Waals surface area contributed by atoms with Gasteiger partial charge in [0.15, 0.2) is 5.75 Å². The number of amides is 1. The molecule has 1 saturated carbocycles. The number of hydrogen-bond donors (Lipinski definition) is 1. The Labute approximate surface area is 153 Å². The van der Waals surface area contributed by atoms with E-state index in [4.69, 9.17) is 9.47 Å². The Hall–Kier alpha value is -2.38. The van der Waals surface area contributed by atoms with E-state index in [2.05, 4.69) is 10.3 Å². The van der Waals surface area contributed by atoms with Crippen molar-refractivity contribution >= 4 is 11.8 Å². The third kappa shape index (κ3) is 5.86. The molecule has 2 rings (SSSR count). The van der Waals surface area contributed by atoms with Gasteiger partial charge in [-0.3, -0.25) is 15.1 Å². The Morgan fingerprint density at radius 1 is 1.35 bits per heavy atom. The standard InChI is InChI=1S/C18H27N3O5/c1-17(2,3)26-16(22)20-12-18(8-5-4-6-9-18)13-25-15-7-10-19-11-14(15)21(23)24/h7,10-11H,4-6,8-9,12-13H2,1-3H3,(H,20,22). The van der Waals surface area contributed by atoms with E-state index in [1.54, 1.807) is 0 Å². The predicted molar refractivity (Wildman–Crippen MR) is 96.1 cm³/mol. The number of aromatic nitrogens is 1. The maximum atomic E-state index is 12.0. The molecule has 0 atom stereocenters. The van der Waals surface area contributed by atoms with Crippen LogP contribution in [0.5, 0.6) is 5.75 Å². The summed E-state index contributed by atoms with van der Waals surface area (Å²) in [5, 5.41) is 13.9. The summed E-state index contributed by atoms with van der Waals surface area (Å²) >= 11 is 0. The number of ether oxygens (including phenoxy) is 2. The summed E-state index contributed by atoms with van der Waals surface area (Å²) < 4.78 is 11.1. The molecule has 1 aromatic heterocycles. The van der Waals surface area contributed by atoms with E-state index in [1.807, 2.05) is 20.8 Å². The van der Waals surface area contributed by atoms with Gasteiger partial charge in [-0.2, -0.15) is 0 Å². The second kappa shape index (κ2) is 8.33. The molecule has 0 aliphatic heterocycles. The molecule has 26 heavy (non-hydrogen) atoms. The number of nitro groups is 1. The topological polar surface area (TPSA) is 104 Å². The zero-order valence-corrected chi connectivity index (χ0v) is 15.6. The van der Waals surface area contributed by atoms with Crippen molar-refractivity contribution in [3.05, 3.63) is 28.6 Å². The van der Waals surface area contributed by atoms with Crippen LogP contribution in [0.4, 0.5) is 10.5 Å². The number of carbonyl (C=O) groups is 1. The van der Waals surface area contributed by atoms with Crippen molar-refractivity contribution in [3.63, 3.8) is 0 Å². The lowest BCUT2D eigenvalue weighted by Crippen LogP contribution is -2.44. The summed E-state index contributed by atoms with van der Waals surface area (Å²) in [5.41, 5.74) is -0.969. The van der Waals surface area contributed by atoms with Crippen molar-refractivity contribution in [2.45, 2.75) is 58.5 Å². The first kappa shape index (κ1) is 19.9. The molecule has 0 unspecified atom stereocenters. The molecule has 1 aromatic rings. The van der Waals surface area contributed by atoms with Crippen molar-refractivity contribution in [2.75, 3.05) is 13.2 Å². The van der Waals surface area contributed by atoms with Crippen LogP contribution in [0.1, 0.15) is 52.9 Å². The van der Waals surface area contributed by atoms with Crippen LogP contribution in [0.15, 0.2) is 18.5 Å². The van der Waals surface area contributed by atoms with E-state index in [1.165, 1.54) is 18.5 Å². The van der Waals surface area contributed by atoms with Gasteiger partial charge in [0.2, 0.25) is 0 Å². The van der Waals surface area contributed by atoms with E-state index in [9.17, 15) is 14.9 Å². The molecule has 1 amide bonds. The minimum Gasteiger partial charge on any atom is -0.486 e. The number of rotatable bonds is 6. The van der Waals surface area contributed by atoms with E-state index in [0.717, 1.165) is 32.1 Å². The molecule has 0 aromatic carbocycles. The van der Waals surface area contributed by atoms with Crippen molar-refractivity contribution in [1.29, 1.82) is 0 Å². The van der Waals surface area contributed by atoms with Gasteiger partial charge in [-0.05, 0) is 33.6 Å². The van der Waals surface area contributed by atoms with Crippen LogP contribution in [0.3, 0.4) is 0 Å². The van der Waals surface area contributed by atoms with Gasteiger partial charge in [-0.1, -0.05) is 19.3 Å². The van der Waals surface area contributed by atoms with E-state index >= 15 is 0 Å². The lowest BCUT2D eigenvalue weighted by molar-refractivity contribution is -0.386. The highest BCUT2D eigenvalue weighted by Gasteiger charge is 2.34. The zero-order valence-electron chi connectivity index (χ0n) is 15.6. The largest absolute Gasteiger partial charge is 0.486 e. The SMILES string of the molecule is CC(C)(C)OC(=O)NCC1(COc2ccncc2[N+](=O)[O-])CCCCC1. The average molecular weight is 365 g/mol. The molecule has 1 N–H and O–H groups in total. The number of alkyl carbamates (subject to hydrolysis) is 1. The summed E-state index contributed by atoms with van der Waals surface area (Å²) in [6, 6.07) is 1.50. The molecule has 0 saturated heterocycles. The first-order valence-corrected chi connectivity index (χ1v) is 8.89. The molecule has 0 spiro atoms. The van der Waals surface area contributed by atoms with Crippen LogP contribution in [-0.4, -0.2) is 34.8 Å². The van der Waals surface area contributed by atoms with E-state index in [-0.39, 0.29) is 16.9 Å². The maximum Gasteiger partial charge on any atom is 0.407 e. The second-order valence-corrected chi connectivity index (χ2v) is 7.81. The molecule has 1 heterocycles. The maximum absolute atomic E-state index is 12.0. The quantitative estimate of drug-likeness (QED) is 0.607. The Morgan fingerprint density at radius 3 is 2.65 bits per heavy atom. The smallest absolute Gasteiger partial charge is 0.407 e. The van der Waals surface area contributed by atoms with Crippen molar-refractivity contribution < 1.29 is 19.2 Å². The summed E-state index contributed by atoms with van der Waals surface area (Å²) in [7, 11) is 0. The number of hydrogen-bond acceptors (Lipinski definition) is 6. The lowest BCUT2D eigenvalue weighted by atomic mass is 9.74. The van der Waals surface area contributed by atoms with Crippen LogP contribution >= 0.6 is 0 Å². The van der Waals surface area contributed by atoms with Crippen molar-refractivity contribution in [2.24, 2.45) is 5.41 Å². The number of carbonyl (C=O) groups excluding carboxylic acids is 1. The summed E-state index contributed by atoms with van der Waals surface area (Å²) in [4.78, 5) is 26.4. The average Bonchev–Trinajstić information content (AvgIpc) is 2.58. The summed E-state index contributed by atoms with van der Waals surface area (Å²) in [6.07, 6.45) is 7.19. The van der Waals surface area contributed by atoms with Gasteiger partial charge >= 0.3 is 11.8 Å². The van der Waals surface area contributed by atoms with E-state index in [0.29, 0.717) is 13.2 Å². The first-order valence-electron chi connectivity index (χ1n) is 8.89. The van der Waals surface area contributed by atoms with Crippen LogP contribution in [-0.2, 0) is 4.74 Å². The highest BCUT2D eigenvalue weighted by Crippen LogP contribution is 2.37. The molecule has 8 nitrogen and oxygen atoms in total. The molecule has 1 fully saturated rings. The minimum absolute atomic E-state index is 0.154. The van der Waals surface area contributed by atoms with Gasteiger partial charge < -0.3 is 14.8 Å². The Bertz CT molecular complexity index is 636. The molecular formula is C18H27N3O5. The monoisotopic (exact) mass is 365 g/mol. The third-order valence-electron chi connectivity index (χ3n) is 4.41. The zero-order chi connectivity index (χ0) is 19.2. The highest BCUT2D eigenvalue weighted by molar-refractivity contribution is 5.67. The summed E-state index contributed by atoms with van der Waals surface area (Å²) in [6.45, 7) is 6.16. The van der Waals surface area contributed by atoms with Crippen molar-refractivity contribution in [1.82, 2.24) is 10.3 Å². The second-order valence-electron chi connectivity index (χ2n) is 7.81. The van der Waals surface area contributed by atoms with Gasteiger partial charge in [0.05, 0.1) is 11.5 Å². The fourth-order valence-corrected chi connectivity index (χ4v) is 3.11. The summed E-state index contributed by atoms with van der Waals surface area (Å²) in [5.74, 6) is 0.201. The van der Waals surface area contributed by atoms with Gasteiger partial charge in [0, 0.05) is 24.2 Å². The van der Waals surface area contributed by atoms with Gasteiger partial charge in [0.25, 0.3) is 0 Å². The fourth-order valence-electron chi connectivity index (χ4n) is 3.11. The van der Waals surface area contributed by atoms with Gasteiger partial charge in [0.1, 0.15) is 11.8 Å². The molecule has 144 valence electrons. The normalized spacial score (nSPS) is 16.6. The third-order valence-corrected chi connectivity index (χ3v) is 4.41. The van der Waals surface area contributed by atoms with Crippen molar-refractivity contribution in [3.8, 4) is 5.75 Å². The Balaban J connectivity index is 2.03. The Kier molecular flexibility index (Phi) is 6.39. The number of pyridine rings is 1. The highest BCUT2D eigenvalue weighted by atomic mass is 16.6. The van der Waals surface area contributed by atoms with Gasteiger partial charge in [-0.25, -0.2) is 4.79 Å². The number of nitrogens with one attached hydrogen (secondary N) is 1.